The van der Waals surface area contributed by atoms with E-state index in [0.29, 0.717) is 0 Å². The van der Waals surface area contributed by atoms with Crippen molar-refractivity contribution < 1.29 is 0 Å². The fraction of sp³-hybridized carbons (Fsp3) is 0. The summed E-state index contributed by atoms with van der Waals surface area (Å²) in [5.74, 6) is 0. The van der Waals surface area contributed by atoms with Crippen LogP contribution < -0.4 is 0 Å². The molecule has 7 heavy (non-hydrogen) atoms. The summed E-state index contributed by atoms with van der Waals surface area (Å²) in [6.07, 6.45) is 0. The maximum atomic E-state index is 7.05. The highest BCUT2D eigenvalue weighted by molar-refractivity contribution is 9.25. The van der Waals surface area contributed by atoms with Crippen LogP contribution in [0, 0.1) is 0 Å². The second-order valence-corrected chi connectivity index (χ2v) is 17.1. The van der Waals surface area contributed by atoms with Crippen molar-refractivity contribution in [3.8, 4) is 0 Å². The lowest BCUT2D eigenvalue weighted by molar-refractivity contribution is 5.54. The van der Waals surface area contributed by atoms with Crippen LogP contribution in [0.25, 0.3) is 0 Å². The van der Waals surface area contributed by atoms with Gasteiger partial charge in [-0.15, -0.1) is 0 Å². The van der Waals surface area contributed by atoms with Gasteiger partial charge in [0.2, 0.25) is 0 Å². The molecule has 0 spiro atoms. The molecule has 0 unspecified atom stereocenters. The lowest BCUT2D eigenvalue weighted by atomic mass is 30.2. The van der Waals surface area contributed by atoms with Crippen molar-refractivity contribution in [2.75, 3.05) is 0 Å². The predicted molar refractivity (Wildman–Crippen MR) is 54.6 cm³/mol. The SMILES string of the molecule is [2H]S(=S)(=S)S(=S)(=S)S. The van der Waals surface area contributed by atoms with Gasteiger partial charge in [-0.25, -0.2) is 0 Å². The number of rotatable bonds is 1. The molecule has 0 aromatic heterocycles. The second kappa shape index (κ2) is 3.19. The van der Waals surface area contributed by atoms with E-state index in [0.717, 1.165) is 0 Å². The Labute approximate surface area is 69.0 Å². The summed E-state index contributed by atoms with van der Waals surface area (Å²) in [5.41, 5.74) is 0. The minimum Gasteiger partial charge on any atom is -0.0927 e. The van der Waals surface area contributed by atoms with Crippen LogP contribution in [0.3, 0.4) is 0 Å². The number of hydrogen-bond donors (Lipinski definition) is 2. The molecule has 0 amide bonds. The van der Waals surface area contributed by atoms with Gasteiger partial charge in [0, 0.05) is 5.21 Å². The van der Waals surface area contributed by atoms with Gasteiger partial charge in [-0.3, -0.25) is 0 Å². The maximum absolute atomic E-state index is 7.05. The molecule has 0 fully saturated rings. The van der Waals surface area contributed by atoms with E-state index in [9.17, 15) is 0 Å². The second-order valence-electron chi connectivity index (χ2n) is 0.632. The van der Waals surface area contributed by atoms with Gasteiger partial charge in [-0.2, -0.15) is 0 Å². The number of thiol groups is 2. The van der Waals surface area contributed by atoms with Crippen LogP contribution in [-0.4, -0.2) is 1.12 Å². The minimum atomic E-state index is -2.35. The van der Waals surface area contributed by atoms with Crippen LogP contribution in [0.15, 0.2) is 0 Å². The largest absolute Gasteiger partial charge is 0.126 e. The zero-order valence-electron chi connectivity index (χ0n) is 3.90. The fourth-order valence-electron chi connectivity index (χ4n) is 0. The van der Waals surface area contributed by atoms with Crippen molar-refractivity contribution in [2.45, 2.75) is 0 Å². The smallest absolute Gasteiger partial charge is 0.0927 e. The summed E-state index contributed by atoms with van der Waals surface area (Å²) in [6, 6.07) is 0. The standard InChI is InChI=1S/H2S7/c1-6(2)7(3,4)5/h6H,(H,3,4,5)/i6D. The highest BCUT2D eigenvalue weighted by Gasteiger charge is 1.83. The Kier molecular flexibility index (Phi) is 3.21. The molecule has 0 saturated heterocycles. The third kappa shape index (κ3) is 4.43. The first-order valence-corrected chi connectivity index (χ1v) is 9.14. The lowest BCUT2D eigenvalue weighted by Crippen LogP contribution is -1.79. The van der Waals surface area contributed by atoms with Crippen molar-refractivity contribution in [3.63, 3.8) is 0 Å². The lowest BCUT2D eigenvalue weighted by Gasteiger charge is -1.87. The zero-order chi connectivity index (χ0) is 7.00. The highest BCUT2D eigenvalue weighted by Crippen LogP contribution is 1.96. The molecular formula is H2S7. The Balaban J connectivity index is 5.18. The molecule has 0 bridgehead atoms. The first-order valence-electron chi connectivity index (χ1n) is 1.42. The Morgan fingerprint density at radius 1 is 1.57 bits per heavy atom. The molecule has 0 aromatic rings. The van der Waals surface area contributed by atoms with Crippen molar-refractivity contribution >= 4 is 68.6 Å². The first-order chi connectivity index (χ1) is 3.25. The molecule has 7 heteroatoms. The minimum absolute atomic E-state index is 2.10. The Morgan fingerprint density at radius 3 is 1.71 bits per heavy atom. The third-order valence-corrected chi connectivity index (χ3v) is 13.9. The van der Waals surface area contributed by atoms with Crippen molar-refractivity contribution in [2.24, 2.45) is 0 Å². The predicted octanol–water partition coefficient (Wildman–Crippen LogP) is 0.0984. The summed E-state index contributed by atoms with van der Waals surface area (Å²) < 4.78 is 7.05. The Morgan fingerprint density at radius 2 is 1.71 bits per heavy atom. The number of hydrogen-bond acceptors (Lipinski definition) is 4. The first kappa shape index (κ1) is 7.04. The van der Waals surface area contributed by atoms with E-state index in [4.69, 9.17) is 1.12 Å². The maximum Gasteiger partial charge on any atom is 0.126 e. The molecule has 0 heterocycles. The van der Waals surface area contributed by atoms with E-state index in [1.807, 2.05) is 0 Å². The van der Waals surface area contributed by atoms with Crippen LogP contribution >= 0.6 is 11.7 Å². The van der Waals surface area contributed by atoms with E-state index in [2.05, 4.69) is 56.4 Å². The van der Waals surface area contributed by atoms with Crippen LogP contribution in [0.4, 0.5) is 0 Å². The van der Waals surface area contributed by atoms with Crippen LogP contribution in [0.1, 0.15) is 0 Å². The normalized spacial score (nSPS) is 15.9. The van der Waals surface area contributed by atoms with E-state index in [-0.39, 0.29) is 0 Å². The fourth-order valence-corrected chi connectivity index (χ4v) is 0. The van der Waals surface area contributed by atoms with E-state index in [1.54, 1.807) is 0 Å². The van der Waals surface area contributed by atoms with Crippen molar-refractivity contribution in [1.29, 1.82) is 1.12 Å². The van der Waals surface area contributed by atoms with Gasteiger partial charge < -0.3 is 0 Å². The van der Waals surface area contributed by atoms with Gasteiger partial charge in [0.25, 0.3) is 0 Å². The Bertz CT molecular complexity index is 217. The third-order valence-electron chi connectivity index (χ3n) is 0.172. The van der Waals surface area contributed by atoms with E-state index >= 15 is 0 Å². The molecule has 0 rings (SSSR count). The summed E-state index contributed by atoms with van der Waals surface area (Å²) in [6.45, 7) is -2.35. The topological polar surface area (TPSA) is 0 Å². The van der Waals surface area contributed by atoms with Gasteiger partial charge in [0.05, 0.1) is 0 Å². The van der Waals surface area contributed by atoms with Crippen molar-refractivity contribution in [3.05, 3.63) is 0 Å². The molecule has 0 aliphatic rings. The molecule has 0 aliphatic heterocycles. The van der Waals surface area contributed by atoms with Crippen LogP contribution in [0.2, 0.25) is 0 Å². The molecule has 0 aliphatic carbocycles. The molecule has 0 nitrogen and oxygen atoms in total. The highest BCUT2D eigenvalue weighted by atomic mass is 33.9. The summed E-state index contributed by atoms with van der Waals surface area (Å²) in [7, 11) is 0. The summed E-state index contributed by atoms with van der Waals surface area (Å²) >= 11 is 22.1. The van der Waals surface area contributed by atoms with E-state index in [1.165, 1.54) is 0 Å². The van der Waals surface area contributed by atoms with Crippen LogP contribution in [0.5, 0.6) is 0 Å². The van der Waals surface area contributed by atoms with Gasteiger partial charge in [0.1, 0.15) is 1.12 Å². The van der Waals surface area contributed by atoms with Gasteiger partial charge in [-0.05, 0) is 51.7 Å². The van der Waals surface area contributed by atoms with Gasteiger partial charge in [0.15, 0.2) is 0 Å². The van der Waals surface area contributed by atoms with Crippen molar-refractivity contribution in [1.82, 2.24) is 0 Å². The average Bonchev–Trinajstić information content (AvgIpc) is 1.25. The summed E-state index contributed by atoms with van der Waals surface area (Å²) in [4.78, 5) is 0. The Hall–Kier alpha value is 1.93. The van der Waals surface area contributed by atoms with Gasteiger partial charge >= 0.3 is 0 Å². The molecule has 44 valence electrons. The molecule has 0 N–H and O–H groups in total. The zero-order valence-corrected chi connectivity index (χ0v) is 8.69. The molecule has 0 atom stereocenters. The quantitative estimate of drug-likeness (QED) is 0.481. The summed E-state index contributed by atoms with van der Waals surface area (Å²) in [5, 5.41) is -2.10. The molecule has 0 saturated carbocycles. The molecular weight excluding hydrogens is 224 g/mol. The van der Waals surface area contributed by atoms with Gasteiger partial charge in [-0.1, -0.05) is 11.7 Å². The average molecular weight is 227 g/mol. The molecule has 0 aromatic carbocycles. The van der Waals surface area contributed by atoms with Crippen LogP contribution in [-0.2, 0) is 56.9 Å². The molecule has 0 radical (unpaired) electrons. The van der Waals surface area contributed by atoms with E-state index < -0.39 is 12.2 Å². The monoisotopic (exact) mass is 227 g/mol.